The minimum Gasteiger partial charge on any atom is -0.369 e. The van der Waals surface area contributed by atoms with Gasteiger partial charge in [0.25, 0.3) is 0 Å². The number of thioether (sulfide) groups is 1. The Morgan fingerprint density at radius 2 is 1.94 bits per heavy atom. The zero-order valence-corrected chi connectivity index (χ0v) is 12.6. The van der Waals surface area contributed by atoms with E-state index in [-0.39, 0.29) is 0 Å². The second kappa shape index (κ2) is 7.46. The summed E-state index contributed by atoms with van der Waals surface area (Å²) >= 11 is 1.93. The van der Waals surface area contributed by atoms with Gasteiger partial charge in [-0.1, -0.05) is 13.8 Å². The van der Waals surface area contributed by atoms with Crippen molar-refractivity contribution in [1.82, 2.24) is 9.97 Å². The van der Waals surface area contributed by atoms with Crippen LogP contribution in [0.25, 0.3) is 0 Å². The quantitative estimate of drug-likeness (QED) is 0.758. The molecular formula is C13H24N4S. The Balaban J connectivity index is 2.64. The summed E-state index contributed by atoms with van der Waals surface area (Å²) in [6.45, 7) is 8.29. The van der Waals surface area contributed by atoms with Crippen molar-refractivity contribution < 1.29 is 0 Å². The first-order valence-electron chi connectivity index (χ1n) is 6.55. The molecule has 0 fully saturated rings. The fourth-order valence-electron chi connectivity index (χ4n) is 1.81. The number of rotatable bonds is 8. The first-order chi connectivity index (χ1) is 8.69. The lowest BCUT2D eigenvalue weighted by atomic mass is 10.0. The summed E-state index contributed by atoms with van der Waals surface area (Å²) in [6, 6.07) is 1.91. The van der Waals surface area contributed by atoms with E-state index in [1.165, 1.54) is 0 Å². The lowest BCUT2D eigenvalue weighted by molar-refractivity contribution is 0.574. The van der Waals surface area contributed by atoms with Gasteiger partial charge in [0.1, 0.15) is 5.82 Å². The third-order valence-corrected chi connectivity index (χ3v) is 4.89. The molecule has 0 aliphatic carbocycles. The molecule has 18 heavy (non-hydrogen) atoms. The first kappa shape index (κ1) is 15.1. The Morgan fingerprint density at radius 3 is 2.50 bits per heavy atom. The lowest BCUT2D eigenvalue weighted by Gasteiger charge is -2.30. The average molecular weight is 268 g/mol. The third kappa shape index (κ3) is 4.05. The molecule has 1 aromatic heterocycles. The van der Waals surface area contributed by atoms with Gasteiger partial charge in [-0.2, -0.15) is 16.7 Å². The van der Waals surface area contributed by atoms with Gasteiger partial charge in [0.2, 0.25) is 5.95 Å². The van der Waals surface area contributed by atoms with E-state index in [2.05, 4.69) is 40.7 Å². The Bertz CT molecular complexity index is 344. The van der Waals surface area contributed by atoms with Crippen molar-refractivity contribution in [2.45, 2.75) is 38.4 Å². The molecule has 1 rings (SSSR count). The van der Waals surface area contributed by atoms with E-state index >= 15 is 0 Å². The summed E-state index contributed by atoms with van der Waals surface area (Å²) in [5.74, 6) is 1.58. The number of hydrogen-bond acceptors (Lipinski definition) is 5. The molecule has 2 N–H and O–H groups in total. The Hall–Kier alpha value is -0.970. The van der Waals surface area contributed by atoms with Gasteiger partial charge in [-0.05, 0) is 32.1 Å². The molecule has 1 aromatic rings. The van der Waals surface area contributed by atoms with Gasteiger partial charge in [-0.25, -0.2) is 4.98 Å². The molecule has 0 aliphatic rings. The third-order valence-electron chi connectivity index (χ3n) is 3.30. The highest BCUT2D eigenvalue weighted by atomic mass is 32.2. The maximum absolute atomic E-state index is 4.43. The van der Waals surface area contributed by atoms with Crippen molar-refractivity contribution in [2.24, 2.45) is 0 Å². The van der Waals surface area contributed by atoms with Crippen molar-refractivity contribution in [2.75, 3.05) is 30.0 Å². The van der Waals surface area contributed by atoms with Crippen LogP contribution in [0.1, 0.15) is 33.6 Å². The molecule has 0 bridgehead atoms. The second-order valence-electron chi connectivity index (χ2n) is 4.24. The Kier molecular flexibility index (Phi) is 6.25. The minimum atomic E-state index is 0.295. The van der Waals surface area contributed by atoms with Crippen LogP contribution in [0.15, 0.2) is 12.3 Å². The van der Waals surface area contributed by atoms with Gasteiger partial charge in [0.05, 0.1) is 0 Å². The molecular weight excluding hydrogens is 244 g/mol. The van der Waals surface area contributed by atoms with Crippen molar-refractivity contribution in [3.63, 3.8) is 0 Å². The average Bonchev–Trinajstić information content (AvgIpc) is 2.42. The van der Waals surface area contributed by atoms with Crippen LogP contribution in [0.2, 0.25) is 0 Å². The van der Waals surface area contributed by atoms with Crippen LogP contribution in [0, 0.1) is 0 Å². The van der Waals surface area contributed by atoms with Crippen molar-refractivity contribution in [3.05, 3.63) is 12.3 Å². The molecule has 0 radical (unpaired) electrons. The van der Waals surface area contributed by atoms with Crippen molar-refractivity contribution in [1.29, 1.82) is 0 Å². The van der Waals surface area contributed by atoms with Crippen LogP contribution >= 0.6 is 11.8 Å². The Morgan fingerprint density at radius 1 is 1.22 bits per heavy atom. The second-order valence-corrected chi connectivity index (χ2v) is 5.52. The van der Waals surface area contributed by atoms with Gasteiger partial charge in [0.15, 0.2) is 0 Å². The maximum atomic E-state index is 4.43. The van der Waals surface area contributed by atoms with Crippen molar-refractivity contribution in [3.8, 4) is 0 Å². The number of nitrogens with one attached hydrogen (secondary N) is 2. The van der Waals surface area contributed by atoms with Crippen LogP contribution in [0.4, 0.5) is 11.8 Å². The number of aromatic nitrogens is 2. The maximum Gasteiger partial charge on any atom is 0.224 e. The van der Waals surface area contributed by atoms with E-state index in [9.17, 15) is 0 Å². The molecule has 0 spiro atoms. The van der Waals surface area contributed by atoms with Gasteiger partial charge >= 0.3 is 0 Å². The predicted octanol–water partition coefficient (Wildman–Crippen LogP) is 3.24. The van der Waals surface area contributed by atoms with E-state index in [4.69, 9.17) is 0 Å². The highest BCUT2D eigenvalue weighted by Gasteiger charge is 2.24. The van der Waals surface area contributed by atoms with Gasteiger partial charge in [-0.3, -0.25) is 0 Å². The van der Waals surface area contributed by atoms with Gasteiger partial charge in [0, 0.05) is 24.0 Å². The van der Waals surface area contributed by atoms with E-state index in [0.29, 0.717) is 10.7 Å². The highest BCUT2D eigenvalue weighted by Crippen LogP contribution is 2.30. The normalized spacial score (nSPS) is 11.3. The molecule has 0 amide bonds. The molecule has 0 atom stereocenters. The molecule has 4 nitrogen and oxygen atoms in total. The predicted molar refractivity (Wildman–Crippen MR) is 81.5 cm³/mol. The fraction of sp³-hybridized carbons (Fsp3) is 0.692. The minimum absolute atomic E-state index is 0.295. The van der Waals surface area contributed by atoms with Gasteiger partial charge < -0.3 is 10.6 Å². The summed E-state index contributed by atoms with van der Waals surface area (Å²) in [5.41, 5.74) is 0. The molecule has 1 heterocycles. The fourth-order valence-corrected chi connectivity index (χ4v) is 2.61. The smallest absolute Gasteiger partial charge is 0.224 e. The van der Waals surface area contributed by atoms with Crippen LogP contribution in [0.5, 0.6) is 0 Å². The number of hydrogen-bond donors (Lipinski definition) is 2. The van der Waals surface area contributed by atoms with Crippen LogP contribution in [0.3, 0.4) is 0 Å². The SMILES string of the molecule is CCNc1nccc(NCC(CC)(CC)SC)n1. The molecule has 5 heteroatoms. The molecule has 0 saturated heterocycles. The summed E-state index contributed by atoms with van der Waals surface area (Å²) in [6.07, 6.45) is 6.27. The summed E-state index contributed by atoms with van der Waals surface area (Å²) in [4.78, 5) is 8.59. The number of nitrogens with zero attached hydrogens (tertiary/aromatic N) is 2. The zero-order chi connectivity index (χ0) is 13.4. The van der Waals surface area contributed by atoms with Gasteiger partial charge in [-0.15, -0.1) is 0 Å². The standard InChI is InChI=1S/C13H24N4S/c1-5-13(6-2,18-4)10-16-11-8-9-15-12(17-11)14-7-3/h8-9H,5-7,10H2,1-4H3,(H2,14,15,16,17). The monoisotopic (exact) mass is 268 g/mol. The largest absolute Gasteiger partial charge is 0.369 e. The molecule has 102 valence electrons. The molecule has 0 aromatic carbocycles. The molecule has 0 aliphatic heterocycles. The molecule has 0 unspecified atom stereocenters. The summed E-state index contributed by atoms with van der Waals surface area (Å²) < 4.78 is 0.295. The van der Waals surface area contributed by atoms with Crippen LogP contribution in [-0.4, -0.2) is 34.1 Å². The zero-order valence-electron chi connectivity index (χ0n) is 11.8. The number of anilines is 2. The highest BCUT2D eigenvalue weighted by molar-refractivity contribution is 8.00. The van der Waals surface area contributed by atoms with Crippen LogP contribution in [-0.2, 0) is 0 Å². The first-order valence-corrected chi connectivity index (χ1v) is 7.78. The topological polar surface area (TPSA) is 49.8 Å². The lowest BCUT2D eigenvalue weighted by Crippen LogP contribution is -2.32. The molecule has 0 saturated carbocycles. The summed E-state index contributed by atoms with van der Waals surface area (Å²) in [5, 5.41) is 6.54. The van der Waals surface area contributed by atoms with E-state index in [0.717, 1.165) is 31.7 Å². The van der Waals surface area contributed by atoms with E-state index in [1.54, 1.807) is 6.20 Å². The van der Waals surface area contributed by atoms with E-state index in [1.807, 2.05) is 24.8 Å². The Labute approximate surface area is 114 Å². The summed E-state index contributed by atoms with van der Waals surface area (Å²) in [7, 11) is 0. The van der Waals surface area contributed by atoms with Crippen molar-refractivity contribution >= 4 is 23.5 Å². The van der Waals surface area contributed by atoms with Crippen LogP contribution < -0.4 is 10.6 Å². The van der Waals surface area contributed by atoms with E-state index < -0.39 is 0 Å².